The van der Waals surface area contributed by atoms with E-state index in [2.05, 4.69) is 17.2 Å². The van der Waals surface area contributed by atoms with E-state index < -0.39 is 0 Å². The molecule has 6 heteroatoms. The largest absolute Gasteiger partial charge is 0.493 e. The highest BCUT2D eigenvalue weighted by molar-refractivity contribution is 8.18. The Balaban J connectivity index is 1.76. The number of hydrogen-bond donors (Lipinski definition) is 1. The molecule has 1 aliphatic heterocycles. The summed E-state index contributed by atoms with van der Waals surface area (Å²) in [6.45, 7) is 2.69. The van der Waals surface area contributed by atoms with E-state index in [9.17, 15) is 4.79 Å². The van der Waals surface area contributed by atoms with Crippen molar-refractivity contribution < 1.29 is 14.3 Å². The van der Waals surface area contributed by atoms with Gasteiger partial charge in [0.2, 0.25) is 0 Å². The summed E-state index contributed by atoms with van der Waals surface area (Å²) in [6, 6.07) is 6.05. The number of ether oxygens (including phenoxy) is 2. The normalized spacial score (nSPS) is 21.1. The number of benzene rings is 1. The number of nitrogens with zero attached hydrogens (tertiary/aromatic N) is 1. The lowest BCUT2D eigenvalue weighted by atomic mass is 10.2. The molecule has 2 aliphatic rings. The number of nitrogens with one attached hydrogen (secondary N) is 1. The van der Waals surface area contributed by atoms with Crippen molar-refractivity contribution in [1.82, 2.24) is 5.32 Å². The predicted octanol–water partition coefficient (Wildman–Crippen LogP) is 3.99. The van der Waals surface area contributed by atoms with Gasteiger partial charge in [-0.2, -0.15) is 0 Å². The number of rotatable bonds is 6. The summed E-state index contributed by atoms with van der Waals surface area (Å²) < 4.78 is 11.1. The van der Waals surface area contributed by atoms with E-state index in [4.69, 9.17) is 9.47 Å². The summed E-state index contributed by atoms with van der Waals surface area (Å²) in [5.41, 5.74) is 0.909. The number of carbonyl (C=O) groups excluding carboxylic acids is 1. The molecule has 134 valence electrons. The van der Waals surface area contributed by atoms with Crippen molar-refractivity contribution in [1.29, 1.82) is 0 Å². The molecule has 0 radical (unpaired) electrons. The molecule has 0 aromatic heterocycles. The lowest BCUT2D eigenvalue weighted by Gasteiger charge is -2.10. The lowest BCUT2D eigenvalue weighted by molar-refractivity contribution is -0.115. The van der Waals surface area contributed by atoms with Gasteiger partial charge in [0.25, 0.3) is 5.91 Å². The molecule has 1 aromatic rings. The van der Waals surface area contributed by atoms with E-state index in [0.29, 0.717) is 29.1 Å². The molecule has 2 fully saturated rings. The summed E-state index contributed by atoms with van der Waals surface area (Å²) in [6.07, 6.45) is 7.50. The smallest absolute Gasteiger partial charge is 0.264 e. The van der Waals surface area contributed by atoms with Crippen molar-refractivity contribution in [3.8, 4) is 11.5 Å². The molecule has 0 bridgehead atoms. The van der Waals surface area contributed by atoms with Crippen LogP contribution in [0.1, 0.15) is 44.6 Å². The second-order valence-electron chi connectivity index (χ2n) is 6.20. The van der Waals surface area contributed by atoms with Crippen molar-refractivity contribution in [3.63, 3.8) is 0 Å². The number of carbonyl (C=O) groups is 1. The summed E-state index contributed by atoms with van der Waals surface area (Å²) in [5, 5.41) is 3.59. The third-order valence-electron chi connectivity index (χ3n) is 4.22. The molecule has 1 N–H and O–H groups in total. The second-order valence-corrected chi connectivity index (χ2v) is 7.23. The van der Waals surface area contributed by atoms with Gasteiger partial charge >= 0.3 is 0 Å². The number of hydrogen-bond acceptors (Lipinski definition) is 5. The van der Waals surface area contributed by atoms with Gasteiger partial charge in [-0.3, -0.25) is 9.79 Å². The predicted molar refractivity (Wildman–Crippen MR) is 102 cm³/mol. The fourth-order valence-corrected chi connectivity index (χ4v) is 3.84. The van der Waals surface area contributed by atoms with Crippen LogP contribution in [0.2, 0.25) is 0 Å². The first-order chi connectivity index (χ1) is 12.2. The van der Waals surface area contributed by atoms with Crippen molar-refractivity contribution in [2.24, 2.45) is 4.99 Å². The van der Waals surface area contributed by atoms with Crippen molar-refractivity contribution in [2.45, 2.75) is 45.1 Å². The molecule has 0 spiro atoms. The molecule has 5 nitrogen and oxygen atoms in total. The minimum Gasteiger partial charge on any atom is -0.493 e. The van der Waals surface area contributed by atoms with Gasteiger partial charge in [-0.05, 0) is 54.8 Å². The lowest BCUT2D eigenvalue weighted by Crippen LogP contribution is -2.21. The van der Waals surface area contributed by atoms with Gasteiger partial charge in [-0.25, -0.2) is 0 Å². The summed E-state index contributed by atoms with van der Waals surface area (Å²) >= 11 is 1.41. The maximum absolute atomic E-state index is 12.2. The highest BCUT2D eigenvalue weighted by atomic mass is 32.2. The van der Waals surface area contributed by atoms with Gasteiger partial charge in [0, 0.05) is 0 Å². The minimum absolute atomic E-state index is 0.0893. The molecule has 1 saturated carbocycles. The number of amidine groups is 1. The Bertz CT molecular complexity index is 694. The Morgan fingerprint density at radius 2 is 2.12 bits per heavy atom. The standard InChI is InChI=1S/C19H24N2O3S/c1-3-10-24-16-11-13(8-9-15(16)23-2)12-17-18(22)21-19(25-17)20-14-6-4-5-7-14/h8-9,11-12,14H,3-7,10H2,1-2H3,(H,20,21,22)/b17-12-. The fraction of sp³-hybridized carbons (Fsp3) is 0.474. The average Bonchev–Trinajstić information content (AvgIpc) is 3.23. The van der Waals surface area contributed by atoms with Gasteiger partial charge < -0.3 is 14.8 Å². The van der Waals surface area contributed by atoms with Crippen LogP contribution in [0.5, 0.6) is 11.5 Å². The highest BCUT2D eigenvalue weighted by Crippen LogP contribution is 2.32. The topological polar surface area (TPSA) is 59.9 Å². The van der Waals surface area contributed by atoms with Crippen LogP contribution >= 0.6 is 11.8 Å². The number of aliphatic imine (C=N–C) groups is 1. The van der Waals surface area contributed by atoms with Crippen LogP contribution in [0, 0.1) is 0 Å². The Kier molecular flexibility index (Phi) is 6.02. The SMILES string of the molecule is CCCOc1cc(/C=C2\SC(=NC3CCCC3)NC2=O)ccc1OC. The molecule has 1 heterocycles. The molecule has 1 aliphatic carbocycles. The number of amides is 1. The van der Waals surface area contributed by atoms with Gasteiger partial charge in [0.15, 0.2) is 16.7 Å². The van der Waals surface area contributed by atoms with Crippen LogP contribution in [0.25, 0.3) is 6.08 Å². The average molecular weight is 360 g/mol. The molecule has 0 unspecified atom stereocenters. The number of thioether (sulfide) groups is 1. The molecule has 3 rings (SSSR count). The Hall–Kier alpha value is -1.95. The molecule has 1 amide bonds. The second kappa shape index (κ2) is 8.43. The molecule has 0 atom stereocenters. The van der Waals surface area contributed by atoms with Crippen molar-refractivity contribution in [2.75, 3.05) is 13.7 Å². The maximum atomic E-state index is 12.2. The van der Waals surface area contributed by atoms with Gasteiger partial charge in [-0.15, -0.1) is 0 Å². The first kappa shape index (κ1) is 17.9. The summed E-state index contributed by atoms with van der Waals surface area (Å²) in [5.74, 6) is 1.30. The van der Waals surface area contributed by atoms with E-state index >= 15 is 0 Å². The van der Waals surface area contributed by atoms with E-state index in [1.54, 1.807) is 7.11 Å². The molecular weight excluding hydrogens is 336 g/mol. The van der Waals surface area contributed by atoms with Crippen LogP contribution < -0.4 is 14.8 Å². The number of methoxy groups -OCH3 is 1. The first-order valence-corrected chi connectivity index (χ1v) is 9.60. The van der Waals surface area contributed by atoms with E-state index in [1.165, 1.54) is 24.6 Å². The van der Waals surface area contributed by atoms with Crippen LogP contribution in [0.3, 0.4) is 0 Å². The highest BCUT2D eigenvalue weighted by Gasteiger charge is 2.25. The Morgan fingerprint density at radius 3 is 2.84 bits per heavy atom. The Labute approximate surface area is 152 Å². The van der Waals surface area contributed by atoms with Crippen LogP contribution in [0.4, 0.5) is 0 Å². The monoisotopic (exact) mass is 360 g/mol. The van der Waals surface area contributed by atoms with Crippen LogP contribution in [-0.4, -0.2) is 30.8 Å². The van der Waals surface area contributed by atoms with Crippen molar-refractivity contribution >= 4 is 28.9 Å². The molecular formula is C19H24N2O3S. The van der Waals surface area contributed by atoms with E-state index in [1.807, 2.05) is 24.3 Å². The van der Waals surface area contributed by atoms with Gasteiger partial charge in [0.05, 0.1) is 24.7 Å². The molecule has 1 saturated heterocycles. The first-order valence-electron chi connectivity index (χ1n) is 8.79. The Morgan fingerprint density at radius 1 is 1.32 bits per heavy atom. The zero-order chi connectivity index (χ0) is 17.6. The van der Waals surface area contributed by atoms with Crippen molar-refractivity contribution in [3.05, 3.63) is 28.7 Å². The fourth-order valence-electron chi connectivity index (χ4n) is 2.95. The summed E-state index contributed by atoms with van der Waals surface area (Å²) in [7, 11) is 1.62. The zero-order valence-electron chi connectivity index (χ0n) is 14.7. The van der Waals surface area contributed by atoms with E-state index in [-0.39, 0.29) is 5.91 Å². The van der Waals surface area contributed by atoms with E-state index in [0.717, 1.165) is 30.0 Å². The third-order valence-corrected chi connectivity index (χ3v) is 5.15. The quantitative estimate of drug-likeness (QED) is 0.780. The third kappa shape index (κ3) is 4.57. The molecule has 1 aromatic carbocycles. The van der Waals surface area contributed by atoms with Crippen LogP contribution in [-0.2, 0) is 4.79 Å². The summed E-state index contributed by atoms with van der Waals surface area (Å²) in [4.78, 5) is 17.5. The van der Waals surface area contributed by atoms with Gasteiger partial charge in [-0.1, -0.05) is 25.8 Å². The minimum atomic E-state index is -0.0893. The van der Waals surface area contributed by atoms with Crippen LogP contribution in [0.15, 0.2) is 28.1 Å². The van der Waals surface area contributed by atoms with Gasteiger partial charge in [0.1, 0.15) is 0 Å². The maximum Gasteiger partial charge on any atom is 0.264 e. The molecule has 25 heavy (non-hydrogen) atoms. The zero-order valence-corrected chi connectivity index (χ0v) is 15.5.